The first-order chi connectivity index (χ1) is 10.6. The van der Waals surface area contributed by atoms with Gasteiger partial charge in [0.05, 0.1) is 11.2 Å². The van der Waals surface area contributed by atoms with Crippen LogP contribution in [-0.2, 0) is 9.31 Å². The van der Waals surface area contributed by atoms with Crippen LogP contribution in [0.1, 0.15) is 33.3 Å². The Morgan fingerprint density at radius 2 is 1.70 bits per heavy atom. The third kappa shape index (κ3) is 3.62. The average Bonchev–Trinajstić information content (AvgIpc) is 2.63. The summed E-state index contributed by atoms with van der Waals surface area (Å²) in [5.41, 5.74) is -0.746. The molecule has 1 aliphatic rings. The molecule has 0 radical (unpaired) electrons. The molecule has 1 N–H and O–H groups in total. The predicted octanol–water partition coefficient (Wildman–Crippen LogP) is 3.34. The van der Waals surface area contributed by atoms with Crippen LogP contribution >= 0.6 is 0 Å². The molecule has 0 aliphatic carbocycles. The van der Waals surface area contributed by atoms with E-state index in [1.165, 1.54) is 6.08 Å². The Morgan fingerprint density at radius 1 is 1.13 bits per heavy atom. The number of likely N-dealkylation sites (N-methyl/N-ethyl adjacent to an activating group) is 1. The van der Waals surface area contributed by atoms with E-state index in [9.17, 15) is 13.2 Å². The van der Waals surface area contributed by atoms with E-state index >= 15 is 0 Å². The Bertz CT molecular complexity index is 616. The second kappa shape index (κ2) is 6.30. The molecule has 1 aromatic carbocycles. The maximum atomic E-state index is 13.9. The molecule has 0 atom stereocenters. The van der Waals surface area contributed by atoms with Gasteiger partial charge in [-0.05, 0) is 46.3 Å². The highest BCUT2D eigenvalue weighted by atomic mass is 19.2. The van der Waals surface area contributed by atoms with Crippen molar-refractivity contribution in [2.75, 3.05) is 13.6 Å². The van der Waals surface area contributed by atoms with E-state index < -0.39 is 35.8 Å². The summed E-state index contributed by atoms with van der Waals surface area (Å²) in [6.45, 7) is 7.91. The Kier molecular flexibility index (Phi) is 4.94. The van der Waals surface area contributed by atoms with Crippen LogP contribution in [-0.4, -0.2) is 31.9 Å². The largest absolute Gasteiger partial charge is 0.491 e. The lowest BCUT2D eigenvalue weighted by Gasteiger charge is -2.32. The van der Waals surface area contributed by atoms with E-state index in [0.717, 1.165) is 6.07 Å². The summed E-state index contributed by atoms with van der Waals surface area (Å²) in [6.07, 6.45) is 1.36. The molecule has 0 bridgehead atoms. The van der Waals surface area contributed by atoms with Gasteiger partial charge in [0, 0.05) is 18.2 Å². The molecule has 1 heterocycles. The summed E-state index contributed by atoms with van der Waals surface area (Å²) in [6, 6.07) is 1.46. The summed E-state index contributed by atoms with van der Waals surface area (Å²) in [5.74, 6) is -3.17. The Labute approximate surface area is 135 Å². The van der Waals surface area contributed by atoms with Gasteiger partial charge in [-0.3, -0.25) is 0 Å². The van der Waals surface area contributed by atoms with Crippen LogP contribution in [0.15, 0.2) is 17.6 Å². The van der Waals surface area contributed by atoms with E-state index in [1.54, 1.807) is 7.05 Å². The van der Waals surface area contributed by atoms with Crippen molar-refractivity contribution in [2.24, 2.45) is 0 Å². The Balaban J connectivity index is 2.40. The SMILES string of the molecule is CNCC(=Cc1cc(F)cc(F)c1F)B1OC(C)(C)C(C)(C)O1. The van der Waals surface area contributed by atoms with Crippen LogP contribution in [0.3, 0.4) is 0 Å². The molecule has 126 valence electrons. The van der Waals surface area contributed by atoms with Crippen molar-refractivity contribution >= 4 is 13.2 Å². The number of rotatable bonds is 4. The standard InChI is InChI=1S/C16H21BF3NO2/c1-15(2)16(3,4)23-17(22-15)11(9-21-5)6-10-7-12(18)8-13(19)14(10)20/h6-8,21H,9H2,1-5H3. The van der Waals surface area contributed by atoms with Crippen molar-refractivity contribution in [3.8, 4) is 0 Å². The molecule has 1 fully saturated rings. The molecule has 0 unspecified atom stereocenters. The zero-order valence-corrected chi connectivity index (χ0v) is 14.0. The summed E-state index contributed by atoms with van der Waals surface area (Å²) < 4.78 is 52.4. The summed E-state index contributed by atoms with van der Waals surface area (Å²) in [5, 5.41) is 2.93. The van der Waals surface area contributed by atoms with Gasteiger partial charge in [0.1, 0.15) is 5.82 Å². The highest BCUT2D eigenvalue weighted by Gasteiger charge is 2.52. The molecule has 23 heavy (non-hydrogen) atoms. The van der Waals surface area contributed by atoms with Crippen molar-refractivity contribution < 1.29 is 22.5 Å². The third-order valence-corrected chi connectivity index (χ3v) is 4.30. The molecule has 1 aliphatic heterocycles. The molecule has 0 aromatic heterocycles. The molecule has 0 amide bonds. The molecule has 7 heteroatoms. The third-order valence-electron chi connectivity index (χ3n) is 4.30. The quantitative estimate of drug-likeness (QED) is 0.680. The molecule has 1 aromatic rings. The number of benzene rings is 1. The first-order valence-corrected chi connectivity index (χ1v) is 7.42. The monoisotopic (exact) mass is 327 g/mol. The van der Waals surface area contributed by atoms with Gasteiger partial charge in [-0.15, -0.1) is 0 Å². The van der Waals surface area contributed by atoms with E-state index in [4.69, 9.17) is 9.31 Å². The maximum absolute atomic E-state index is 13.9. The minimum atomic E-state index is -1.23. The van der Waals surface area contributed by atoms with Crippen LogP contribution < -0.4 is 5.32 Å². The topological polar surface area (TPSA) is 30.5 Å². The minimum absolute atomic E-state index is 0.178. The second-order valence-corrected chi connectivity index (χ2v) is 6.63. The molecule has 3 nitrogen and oxygen atoms in total. The fourth-order valence-corrected chi connectivity index (χ4v) is 2.28. The molecule has 0 saturated carbocycles. The van der Waals surface area contributed by atoms with E-state index in [0.29, 0.717) is 18.1 Å². The van der Waals surface area contributed by atoms with Gasteiger partial charge in [-0.25, -0.2) is 13.2 Å². The zero-order valence-electron chi connectivity index (χ0n) is 14.0. The van der Waals surface area contributed by atoms with Crippen LogP contribution in [0.4, 0.5) is 13.2 Å². The fourth-order valence-electron chi connectivity index (χ4n) is 2.28. The van der Waals surface area contributed by atoms with Gasteiger partial charge in [0.2, 0.25) is 0 Å². The average molecular weight is 327 g/mol. The van der Waals surface area contributed by atoms with Crippen LogP contribution in [0.2, 0.25) is 0 Å². The Morgan fingerprint density at radius 3 is 2.22 bits per heavy atom. The molecular weight excluding hydrogens is 306 g/mol. The van der Waals surface area contributed by atoms with Gasteiger partial charge in [0.25, 0.3) is 0 Å². The van der Waals surface area contributed by atoms with Gasteiger partial charge in [-0.1, -0.05) is 6.08 Å². The lowest BCUT2D eigenvalue weighted by molar-refractivity contribution is 0.00578. The fraction of sp³-hybridized carbons (Fsp3) is 0.500. The van der Waals surface area contributed by atoms with E-state index in [1.807, 2.05) is 27.7 Å². The first-order valence-electron chi connectivity index (χ1n) is 7.42. The number of halogens is 3. The van der Waals surface area contributed by atoms with E-state index in [2.05, 4.69) is 5.32 Å². The highest BCUT2D eigenvalue weighted by Crippen LogP contribution is 2.38. The zero-order chi connectivity index (χ0) is 17.4. The molecule has 2 rings (SSSR count). The van der Waals surface area contributed by atoms with Crippen molar-refractivity contribution in [1.82, 2.24) is 5.32 Å². The van der Waals surface area contributed by atoms with Crippen molar-refractivity contribution in [2.45, 2.75) is 38.9 Å². The van der Waals surface area contributed by atoms with Crippen LogP contribution in [0.25, 0.3) is 6.08 Å². The second-order valence-electron chi connectivity index (χ2n) is 6.63. The number of hydrogen-bond acceptors (Lipinski definition) is 3. The summed E-state index contributed by atoms with van der Waals surface area (Å²) in [7, 11) is 0.986. The van der Waals surface area contributed by atoms with Gasteiger partial charge >= 0.3 is 7.12 Å². The number of hydrogen-bond donors (Lipinski definition) is 1. The van der Waals surface area contributed by atoms with Gasteiger partial charge < -0.3 is 14.6 Å². The molecular formula is C16H21BF3NO2. The number of nitrogens with one attached hydrogen (secondary N) is 1. The molecule has 0 spiro atoms. The van der Waals surface area contributed by atoms with Gasteiger partial charge in [-0.2, -0.15) is 0 Å². The summed E-state index contributed by atoms with van der Waals surface area (Å²) >= 11 is 0. The van der Waals surface area contributed by atoms with Crippen molar-refractivity contribution in [3.05, 3.63) is 40.6 Å². The lowest BCUT2D eigenvalue weighted by atomic mass is 9.77. The highest BCUT2D eigenvalue weighted by molar-refractivity contribution is 6.55. The lowest BCUT2D eigenvalue weighted by Crippen LogP contribution is -2.41. The molecule has 1 saturated heterocycles. The summed E-state index contributed by atoms with van der Waals surface area (Å²) in [4.78, 5) is 0. The van der Waals surface area contributed by atoms with Crippen LogP contribution in [0, 0.1) is 17.5 Å². The van der Waals surface area contributed by atoms with Crippen molar-refractivity contribution in [1.29, 1.82) is 0 Å². The van der Waals surface area contributed by atoms with Gasteiger partial charge in [0.15, 0.2) is 11.6 Å². The normalized spacial score (nSPS) is 20.2. The van der Waals surface area contributed by atoms with Crippen molar-refractivity contribution in [3.63, 3.8) is 0 Å². The smallest absolute Gasteiger partial charge is 0.400 e. The van der Waals surface area contributed by atoms with E-state index in [-0.39, 0.29) is 5.56 Å². The maximum Gasteiger partial charge on any atom is 0.491 e. The van der Waals surface area contributed by atoms with Crippen LogP contribution in [0.5, 0.6) is 0 Å². The first kappa shape index (κ1) is 18.0. The Hall–Kier alpha value is -1.31. The minimum Gasteiger partial charge on any atom is -0.400 e. The predicted molar refractivity (Wildman–Crippen MR) is 84.3 cm³/mol.